The summed E-state index contributed by atoms with van der Waals surface area (Å²) in [5.41, 5.74) is 1.89. The molecule has 2 aliphatic heterocycles. The number of aromatic amines is 1. The van der Waals surface area contributed by atoms with E-state index in [-0.39, 0.29) is 11.8 Å². The van der Waals surface area contributed by atoms with Crippen molar-refractivity contribution in [1.82, 2.24) is 15.2 Å². The van der Waals surface area contributed by atoms with Crippen molar-refractivity contribution in [3.05, 3.63) is 36.0 Å². The fourth-order valence-corrected chi connectivity index (χ4v) is 3.79. The second-order valence-corrected chi connectivity index (χ2v) is 6.32. The molecule has 1 aromatic carbocycles. The van der Waals surface area contributed by atoms with Gasteiger partial charge in [0.1, 0.15) is 18.1 Å². The Morgan fingerprint density at radius 2 is 2.04 bits per heavy atom. The normalized spacial score (nSPS) is 26.5. The number of nitrogens with zero attached hydrogens (tertiary/aromatic N) is 1. The molecule has 124 valence electrons. The van der Waals surface area contributed by atoms with Crippen molar-refractivity contribution in [1.29, 1.82) is 0 Å². The number of aromatic nitrogens is 1. The molecule has 0 spiro atoms. The second-order valence-electron chi connectivity index (χ2n) is 6.32. The fraction of sp³-hybridized carbons (Fsp3) is 0.353. The van der Waals surface area contributed by atoms with E-state index in [9.17, 15) is 19.5 Å². The molecule has 24 heavy (non-hydrogen) atoms. The molecular weight excluding hydrogens is 310 g/mol. The van der Waals surface area contributed by atoms with Crippen LogP contribution in [0.2, 0.25) is 0 Å². The number of hydrogen-bond donors (Lipinski definition) is 3. The van der Waals surface area contributed by atoms with Crippen LogP contribution in [-0.4, -0.2) is 50.9 Å². The first-order chi connectivity index (χ1) is 11.6. The summed E-state index contributed by atoms with van der Waals surface area (Å²) in [7, 11) is 0. The molecule has 2 aromatic rings. The van der Waals surface area contributed by atoms with Crippen LogP contribution in [0.15, 0.2) is 30.5 Å². The highest BCUT2D eigenvalue weighted by molar-refractivity contribution is 6.00. The van der Waals surface area contributed by atoms with Gasteiger partial charge in [-0.05, 0) is 24.5 Å². The van der Waals surface area contributed by atoms with E-state index in [1.165, 1.54) is 4.90 Å². The molecule has 2 saturated heterocycles. The van der Waals surface area contributed by atoms with Crippen LogP contribution < -0.4 is 5.32 Å². The first-order valence-electron chi connectivity index (χ1n) is 7.96. The molecule has 3 N–H and O–H groups in total. The molecule has 0 bridgehead atoms. The topological polar surface area (TPSA) is 102 Å². The minimum Gasteiger partial charge on any atom is -0.480 e. The standard InChI is InChI=1S/C17H17N3O4/c21-15-13-5-6-14(17(23)24)20(13)16(22)12(19-15)7-9-8-18-11-4-2-1-3-10(9)11/h1-4,8,12-14,18H,5-7H2,(H,19,21)(H,23,24)/t12-,13-,14-/m0/s1. The number of hydrogen-bond acceptors (Lipinski definition) is 3. The van der Waals surface area contributed by atoms with Gasteiger partial charge in [-0.2, -0.15) is 0 Å². The van der Waals surface area contributed by atoms with Gasteiger partial charge in [-0.3, -0.25) is 9.59 Å². The lowest BCUT2D eigenvalue weighted by atomic mass is 10.0. The molecule has 0 radical (unpaired) electrons. The number of carboxylic acids is 1. The number of amides is 2. The Balaban J connectivity index is 1.63. The SMILES string of the molecule is O=C(O)[C@@H]1CC[C@H]2C(=O)N[C@@H](Cc3c[nH]c4ccccc34)C(=O)N12. The van der Waals surface area contributed by atoms with Crippen LogP contribution in [0, 0.1) is 0 Å². The number of benzene rings is 1. The third-order valence-corrected chi connectivity index (χ3v) is 4.94. The maximum absolute atomic E-state index is 12.8. The molecule has 3 heterocycles. The lowest BCUT2D eigenvalue weighted by Gasteiger charge is -2.36. The highest BCUT2D eigenvalue weighted by atomic mass is 16.4. The number of fused-ring (bicyclic) bond motifs is 2. The number of piperazine rings is 1. The largest absolute Gasteiger partial charge is 0.480 e. The highest BCUT2D eigenvalue weighted by Gasteiger charge is 2.50. The maximum Gasteiger partial charge on any atom is 0.326 e. The van der Waals surface area contributed by atoms with Gasteiger partial charge in [-0.1, -0.05) is 18.2 Å². The van der Waals surface area contributed by atoms with E-state index < -0.39 is 24.1 Å². The molecule has 2 aliphatic rings. The van der Waals surface area contributed by atoms with Crippen LogP contribution in [0.4, 0.5) is 0 Å². The van der Waals surface area contributed by atoms with Gasteiger partial charge < -0.3 is 20.3 Å². The predicted molar refractivity (Wildman–Crippen MR) is 85.2 cm³/mol. The Labute approximate surface area is 137 Å². The van der Waals surface area contributed by atoms with Crippen LogP contribution in [0.5, 0.6) is 0 Å². The fourth-order valence-electron chi connectivity index (χ4n) is 3.79. The Morgan fingerprint density at radius 1 is 1.25 bits per heavy atom. The summed E-state index contributed by atoms with van der Waals surface area (Å²) in [6, 6.07) is 5.44. The van der Waals surface area contributed by atoms with Gasteiger partial charge >= 0.3 is 5.97 Å². The molecule has 0 unspecified atom stereocenters. The van der Waals surface area contributed by atoms with Crippen molar-refractivity contribution in [3.8, 4) is 0 Å². The van der Waals surface area contributed by atoms with Gasteiger partial charge in [-0.25, -0.2) is 4.79 Å². The summed E-state index contributed by atoms with van der Waals surface area (Å²) >= 11 is 0. The average molecular weight is 327 g/mol. The Morgan fingerprint density at radius 3 is 2.83 bits per heavy atom. The lowest BCUT2D eigenvalue weighted by molar-refractivity contribution is -0.156. The van der Waals surface area contributed by atoms with Gasteiger partial charge in [0.05, 0.1) is 0 Å². The number of carbonyl (C=O) groups excluding carboxylic acids is 2. The number of H-pyrrole nitrogens is 1. The number of para-hydroxylation sites is 1. The van der Waals surface area contributed by atoms with Crippen molar-refractivity contribution in [3.63, 3.8) is 0 Å². The molecule has 7 heteroatoms. The van der Waals surface area contributed by atoms with Gasteiger partial charge in [0.15, 0.2) is 0 Å². The van der Waals surface area contributed by atoms with Gasteiger partial charge in [-0.15, -0.1) is 0 Å². The van der Waals surface area contributed by atoms with E-state index >= 15 is 0 Å². The number of carbonyl (C=O) groups is 3. The third-order valence-electron chi connectivity index (χ3n) is 4.94. The van der Waals surface area contributed by atoms with Crippen molar-refractivity contribution in [2.24, 2.45) is 0 Å². The minimum atomic E-state index is -1.05. The summed E-state index contributed by atoms with van der Waals surface area (Å²) in [6.45, 7) is 0. The molecule has 4 rings (SSSR count). The number of nitrogens with one attached hydrogen (secondary N) is 2. The molecule has 1 aromatic heterocycles. The summed E-state index contributed by atoms with van der Waals surface area (Å²) in [5, 5.41) is 13.1. The van der Waals surface area contributed by atoms with E-state index in [1.54, 1.807) is 0 Å². The van der Waals surface area contributed by atoms with Crippen LogP contribution >= 0.6 is 0 Å². The first-order valence-corrected chi connectivity index (χ1v) is 7.96. The third kappa shape index (κ3) is 2.16. The molecule has 2 amide bonds. The molecule has 0 aliphatic carbocycles. The molecular formula is C17H17N3O4. The number of aliphatic carboxylic acids is 1. The summed E-state index contributed by atoms with van der Waals surface area (Å²) in [4.78, 5) is 40.8. The van der Waals surface area contributed by atoms with E-state index in [2.05, 4.69) is 10.3 Å². The Hall–Kier alpha value is -2.83. The summed E-state index contributed by atoms with van der Waals surface area (Å²) in [6.07, 6.45) is 2.88. The van der Waals surface area contributed by atoms with Crippen molar-refractivity contribution in [2.75, 3.05) is 0 Å². The highest BCUT2D eigenvalue weighted by Crippen LogP contribution is 2.29. The van der Waals surface area contributed by atoms with Crippen molar-refractivity contribution >= 4 is 28.7 Å². The van der Waals surface area contributed by atoms with E-state index in [0.29, 0.717) is 19.3 Å². The van der Waals surface area contributed by atoms with Crippen LogP contribution in [0.25, 0.3) is 10.9 Å². The van der Waals surface area contributed by atoms with Crippen LogP contribution in [-0.2, 0) is 20.8 Å². The zero-order valence-electron chi connectivity index (χ0n) is 12.9. The maximum atomic E-state index is 12.8. The van der Waals surface area contributed by atoms with E-state index in [1.807, 2.05) is 30.5 Å². The smallest absolute Gasteiger partial charge is 0.326 e. The molecule has 7 nitrogen and oxygen atoms in total. The summed E-state index contributed by atoms with van der Waals surface area (Å²) in [5.74, 6) is -1.62. The lowest BCUT2D eigenvalue weighted by Crippen LogP contribution is -2.64. The van der Waals surface area contributed by atoms with Crippen molar-refractivity contribution in [2.45, 2.75) is 37.4 Å². The monoisotopic (exact) mass is 327 g/mol. The Kier molecular flexibility index (Phi) is 3.30. The first kappa shape index (κ1) is 14.7. The predicted octanol–water partition coefficient (Wildman–Crippen LogP) is 0.653. The second kappa shape index (κ2) is 5.36. The minimum absolute atomic E-state index is 0.261. The molecule has 3 atom stereocenters. The van der Waals surface area contributed by atoms with E-state index in [4.69, 9.17) is 0 Å². The zero-order valence-corrected chi connectivity index (χ0v) is 12.9. The average Bonchev–Trinajstić information content (AvgIpc) is 3.17. The van der Waals surface area contributed by atoms with Gasteiger partial charge in [0.2, 0.25) is 11.8 Å². The van der Waals surface area contributed by atoms with E-state index in [0.717, 1.165) is 16.5 Å². The van der Waals surface area contributed by atoms with Crippen LogP contribution in [0.3, 0.4) is 0 Å². The van der Waals surface area contributed by atoms with Gasteiger partial charge in [0.25, 0.3) is 0 Å². The number of rotatable bonds is 3. The Bertz CT molecular complexity index is 837. The quantitative estimate of drug-likeness (QED) is 0.770. The van der Waals surface area contributed by atoms with Crippen LogP contribution in [0.1, 0.15) is 18.4 Å². The van der Waals surface area contributed by atoms with Gasteiger partial charge in [0, 0.05) is 23.5 Å². The number of carboxylic acid groups (broad SMARTS) is 1. The molecule has 0 saturated carbocycles. The zero-order chi connectivity index (χ0) is 16.8. The summed E-state index contributed by atoms with van der Waals surface area (Å²) < 4.78 is 0. The van der Waals surface area contributed by atoms with Crippen molar-refractivity contribution < 1.29 is 19.5 Å². The molecule has 2 fully saturated rings.